The Morgan fingerprint density at radius 1 is 1.38 bits per heavy atom. The first-order valence-electron chi connectivity index (χ1n) is 3.03. The number of rotatable bonds is 2. The number of hydrogen-bond acceptors (Lipinski definition) is 0. The van der Waals surface area contributed by atoms with Crippen LogP contribution in [0.5, 0.6) is 0 Å². The van der Waals surface area contributed by atoms with Crippen LogP contribution in [0.1, 0.15) is 26.7 Å². The predicted octanol–water partition coefficient (Wildman–Crippen LogP) is 3.16. The van der Waals surface area contributed by atoms with Gasteiger partial charge in [-0.05, 0) is 13.3 Å². The molecule has 0 nitrogen and oxygen atoms in total. The van der Waals surface area contributed by atoms with Gasteiger partial charge in [-0.2, -0.15) is 0 Å². The third-order valence-electron chi connectivity index (χ3n) is 0.691. The quantitative estimate of drug-likeness (QED) is 0.481. The first-order valence-corrected chi connectivity index (χ1v) is 3.03. The third kappa shape index (κ3) is 17.9. The molecule has 0 fully saturated rings. The maximum Gasteiger partial charge on any atom is -0.0353 e. The van der Waals surface area contributed by atoms with Crippen molar-refractivity contribution in [1.82, 2.24) is 0 Å². The molecule has 0 saturated heterocycles. The van der Waals surface area contributed by atoms with Crippen LogP contribution in [0.3, 0.4) is 0 Å². The summed E-state index contributed by atoms with van der Waals surface area (Å²) in [4.78, 5) is 0. The van der Waals surface area contributed by atoms with E-state index >= 15 is 0 Å². The van der Waals surface area contributed by atoms with Crippen LogP contribution >= 0.6 is 0 Å². The Morgan fingerprint density at radius 2 is 1.88 bits per heavy atom. The van der Waals surface area contributed by atoms with Crippen LogP contribution in [0.2, 0.25) is 0 Å². The van der Waals surface area contributed by atoms with Crippen LogP contribution in [0.25, 0.3) is 0 Å². The topological polar surface area (TPSA) is 0 Å². The zero-order valence-corrected chi connectivity index (χ0v) is 5.98. The molecule has 0 aliphatic carbocycles. The van der Waals surface area contributed by atoms with E-state index in [9.17, 15) is 0 Å². The molecule has 0 rings (SSSR count). The van der Waals surface area contributed by atoms with Crippen molar-refractivity contribution >= 4 is 0 Å². The summed E-state index contributed by atoms with van der Waals surface area (Å²) in [5, 5.41) is 0. The van der Waals surface area contributed by atoms with Gasteiger partial charge in [-0.25, -0.2) is 0 Å². The van der Waals surface area contributed by atoms with Gasteiger partial charge < -0.3 is 0 Å². The van der Waals surface area contributed by atoms with E-state index in [2.05, 4.69) is 39.2 Å². The summed E-state index contributed by atoms with van der Waals surface area (Å²) in [7, 11) is 0. The first kappa shape index (κ1) is 10.5. The minimum absolute atomic E-state index is 1.23. The van der Waals surface area contributed by atoms with Crippen LogP contribution in [-0.2, 0) is 0 Å². The molecule has 0 saturated carbocycles. The second-order valence-electron chi connectivity index (χ2n) is 1.36. The molecule has 0 amide bonds. The Morgan fingerprint density at radius 3 is 2.00 bits per heavy atom. The average Bonchev–Trinajstić information content (AvgIpc) is 1.88. The molecule has 0 unspecified atom stereocenters. The van der Waals surface area contributed by atoms with E-state index in [0.29, 0.717) is 0 Å². The van der Waals surface area contributed by atoms with E-state index in [0.717, 1.165) is 0 Å². The molecule has 0 bridgehead atoms. The lowest BCUT2D eigenvalue weighted by Gasteiger charge is -1.76. The highest BCUT2D eigenvalue weighted by atomic mass is 13.7. The van der Waals surface area contributed by atoms with E-state index in [4.69, 9.17) is 0 Å². The highest BCUT2D eigenvalue weighted by Crippen LogP contribution is 1.85. The van der Waals surface area contributed by atoms with Crippen LogP contribution in [-0.4, -0.2) is 0 Å². The molecule has 0 aromatic rings. The molecule has 0 aliphatic rings. The molecule has 0 radical (unpaired) electrons. The molecule has 0 spiro atoms. The molecular formula is C8H16. The van der Waals surface area contributed by atoms with Crippen LogP contribution < -0.4 is 0 Å². The van der Waals surface area contributed by atoms with Gasteiger partial charge in [0.05, 0.1) is 0 Å². The lowest BCUT2D eigenvalue weighted by molar-refractivity contribution is 0.957. The highest BCUT2D eigenvalue weighted by Gasteiger charge is 1.64. The van der Waals surface area contributed by atoms with Crippen molar-refractivity contribution in [2.75, 3.05) is 0 Å². The van der Waals surface area contributed by atoms with Gasteiger partial charge >= 0.3 is 0 Å². The Balaban J connectivity index is 0. The van der Waals surface area contributed by atoms with Crippen LogP contribution in [0.4, 0.5) is 0 Å². The zero-order chi connectivity index (χ0) is 6.83. The Labute approximate surface area is 52.9 Å². The van der Waals surface area contributed by atoms with Gasteiger partial charge in [-0.1, -0.05) is 25.5 Å². The summed E-state index contributed by atoms with van der Waals surface area (Å²) in [5.74, 6) is 0. The number of hydrogen-bond donors (Lipinski definition) is 0. The summed E-state index contributed by atoms with van der Waals surface area (Å²) in [5.41, 5.74) is 0. The highest BCUT2D eigenvalue weighted by molar-refractivity contribution is 4.75. The molecule has 0 heterocycles. The van der Waals surface area contributed by atoms with Crippen molar-refractivity contribution in [3.63, 3.8) is 0 Å². The minimum atomic E-state index is 1.23. The molecule has 0 N–H and O–H groups in total. The van der Waals surface area contributed by atoms with Crippen molar-refractivity contribution in [3.8, 4) is 0 Å². The Hall–Kier alpha value is -0.520. The van der Waals surface area contributed by atoms with Crippen LogP contribution in [0.15, 0.2) is 25.3 Å². The van der Waals surface area contributed by atoms with Gasteiger partial charge in [-0.3, -0.25) is 0 Å². The fourth-order valence-corrected chi connectivity index (χ4v) is 0.333. The molecule has 8 heavy (non-hydrogen) atoms. The predicted molar refractivity (Wildman–Crippen MR) is 41.0 cm³/mol. The third-order valence-corrected chi connectivity index (χ3v) is 0.691. The molecule has 48 valence electrons. The van der Waals surface area contributed by atoms with Crippen molar-refractivity contribution < 1.29 is 0 Å². The molecule has 0 aliphatic heterocycles. The Bertz CT molecular complexity index is 44.0. The fourth-order valence-electron chi connectivity index (χ4n) is 0.333. The molecule has 0 heteroatoms. The zero-order valence-electron chi connectivity index (χ0n) is 5.98. The lowest BCUT2D eigenvalue weighted by atomic mass is 10.3. The van der Waals surface area contributed by atoms with Gasteiger partial charge in [-0.15, -0.1) is 13.2 Å². The van der Waals surface area contributed by atoms with Crippen molar-refractivity contribution in [2.24, 2.45) is 0 Å². The van der Waals surface area contributed by atoms with Gasteiger partial charge in [0.25, 0.3) is 0 Å². The van der Waals surface area contributed by atoms with Crippen molar-refractivity contribution in [3.05, 3.63) is 25.3 Å². The van der Waals surface area contributed by atoms with E-state index in [1.54, 1.807) is 0 Å². The molecule has 0 aromatic heterocycles. The van der Waals surface area contributed by atoms with E-state index in [-0.39, 0.29) is 0 Å². The average molecular weight is 112 g/mol. The van der Waals surface area contributed by atoms with Crippen molar-refractivity contribution in [1.29, 1.82) is 0 Å². The number of unbranched alkanes of at least 4 members (excludes halogenated alkanes) is 1. The van der Waals surface area contributed by atoms with Gasteiger partial charge in [0.15, 0.2) is 0 Å². The first-order chi connectivity index (χ1) is 3.91. The van der Waals surface area contributed by atoms with E-state index in [1.165, 1.54) is 12.8 Å². The summed E-state index contributed by atoms with van der Waals surface area (Å²) in [6.07, 6.45) is 6.77. The van der Waals surface area contributed by atoms with Gasteiger partial charge in [0.2, 0.25) is 0 Å². The SMILES string of the molecule is C/C=C/CCC.C=C. The van der Waals surface area contributed by atoms with Gasteiger partial charge in [0.1, 0.15) is 0 Å². The smallest absolute Gasteiger partial charge is 0.0353 e. The summed E-state index contributed by atoms with van der Waals surface area (Å²) in [6, 6.07) is 0. The molecular weight excluding hydrogens is 96.1 g/mol. The summed E-state index contributed by atoms with van der Waals surface area (Å²) >= 11 is 0. The molecule has 0 aromatic carbocycles. The van der Waals surface area contributed by atoms with E-state index < -0.39 is 0 Å². The standard InChI is InChI=1S/C6H12.C2H4/c1-3-5-6-4-2;1-2/h3,5H,4,6H2,1-2H3;1-2H2/b5-3+;. The van der Waals surface area contributed by atoms with Gasteiger partial charge in [0, 0.05) is 0 Å². The normalized spacial score (nSPS) is 8.25. The minimum Gasteiger partial charge on any atom is -0.106 e. The van der Waals surface area contributed by atoms with E-state index in [1.807, 2.05) is 0 Å². The largest absolute Gasteiger partial charge is 0.106 e. The monoisotopic (exact) mass is 112 g/mol. The van der Waals surface area contributed by atoms with Crippen molar-refractivity contribution in [2.45, 2.75) is 26.7 Å². The van der Waals surface area contributed by atoms with Crippen LogP contribution in [0, 0.1) is 0 Å². The number of allylic oxidation sites excluding steroid dienone is 2. The fraction of sp³-hybridized carbons (Fsp3) is 0.500. The second kappa shape index (κ2) is 16.1. The second-order valence-corrected chi connectivity index (χ2v) is 1.36. The Kier molecular flexibility index (Phi) is 21.0. The maximum absolute atomic E-state index is 3.00. The summed E-state index contributed by atoms with van der Waals surface area (Å²) < 4.78 is 0. The molecule has 0 atom stereocenters. The lowest BCUT2D eigenvalue weighted by Crippen LogP contribution is -1.55. The summed E-state index contributed by atoms with van der Waals surface area (Å²) in [6.45, 7) is 10.2. The maximum atomic E-state index is 3.00.